The number of benzene rings is 1. The molecule has 0 aliphatic carbocycles. The molecule has 7 heteroatoms. The molecule has 0 spiro atoms. The summed E-state index contributed by atoms with van der Waals surface area (Å²) in [5.41, 5.74) is 6.73. The highest BCUT2D eigenvalue weighted by Crippen LogP contribution is 2.20. The van der Waals surface area contributed by atoms with Crippen LogP contribution < -0.4 is 5.73 Å². The first kappa shape index (κ1) is 18.4. The van der Waals surface area contributed by atoms with E-state index in [2.05, 4.69) is 4.90 Å². The summed E-state index contributed by atoms with van der Waals surface area (Å²) in [7, 11) is -0.254. The maximum atomic E-state index is 12.1. The van der Waals surface area contributed by atoms with Gasteiger partial charge in [0, 0.05) is 27.2 Å². The van der Waals surface area contributed by atoms with Gasteiger partial charge in [0.05, 0.1) is 4.90 Å². The van der Waals surface area contributed by atoms with Gasteiger partial charge in [-0.2, -0.15) is 0 Å². The van der Waals surface area contributed by atoms with Gasteiger partial charge in [0.2, 0.25) is 10.0 Å². The minimum Gasteiger partial charge on any atom is -0.330 e. The molecule has 5 nitrogen and oxygen atoms in total. The second-order valence-corrected chi connectivity index (χ2v) is 7.71. The Hall–Kier alpha value is -0.660. The van der Waals surface area contributed by atoms with Crippen molar-refractivity contribution in [3.05, 3.63) is 29.8 Å². The number of rotatable bonds is 5. The van der Waals surface area contributed by atoms with Crippen LogP contribution in [0.25, 0.3) is 0 Å². The van der Waals surface area contributed by atoms with Gasteiger partial charge >= 0.3 is 0 Å². The molecule has 0 bridgehead atoms. The second kappa shape index (κ2) is 7.56. The van der Waals surface area contributed by atoms with Gasteiger partial charge in [-0.25, -0.2) is 12.7 Å². The van der Waals surface area contributed by atoms with Crippen LogP contribution in [0.3, 0.4) is 0 Å². The Morgan fingerprint density at radius 3 is 2.67 bits per heavy atom. The summed E-state index contributed by atoms with van der Waals surface area (Å²) in [5.74, 6) is 0.573. The molecule has 1 aliphatic heterocycles. The summed E-state index contributed by atoms with van der Waals surface area (Å²) in [6, 6.07) is 7.20. The molecule has 1 unspecified atom stereocenters. The first-order chi connectivity index (χ1) is 9.43. The summed E-state index contributed by atoms with van der Waals surface area (Å²) >= 11 is 0. The van der Waals surface area contributed by atoms with E-state index in [-0.39, 0.29) is 12.4 Å². The lowest BCUT2D eigenvalue weighted by atomic mass is 10.1. The fourth-order valence-corrected chi connectivity index (χ4v) is 3.49. The quantitative estimate of drug-likeness (QED) is 0.877. The van der Waals surface area contributed by atoms with Crippen LogP contribution in [-0.2, 0) is 16.6 Å². The molecule has 2 rings (SSSR count). The topological polar surface area (TPSA) is 66.6 Å². The third-order valence-electron chi connectivity index (χ3n) is 3.79. The van der Waals surface area contributed by atoms with Gasteiger partial charge in [0.1, 0.15) is 0 Å². The van der Waals surface area contributed by atoms with Gasteiger partial charge in [0.15, 0.2) is 0 Å². The minimum atomic E-state index is -3.35. The first-order valence-corrected chi connectivity index (χ1v) is 8.31. The Labute approximate surface area is 133 Å². The van der Waals surface area contributed by atoms with Crippen molar-refractivity contribution in [2.45, 2.75) is 17.9 Å². The lowest BCUT2D eigenvalue weighted by molar-refractivity contribution is 0.317. The van der Waals surface area contributed by atoms with Gasteiger partial charge in [-0.05, 0) is 43.1 Å². The fraction of sp³-hybridized carbons (Fsp3) is 0.571. The molecule has 0 aromatic heterocycles. The van der Waals surface area contributed by atoms with E-state index in [0.717, 1.165) is 38.2 Å². The highest BCUT2D eigenvalue weighted by Gasteiger charge is 2.22. The molecular weight excluding hydrogens is 310 g/mol. The Kier molecular flexibility index (Phi) is 6.62. The molecule has 0 amide bonds. The average molecular weight is 334 g/mol. The van der Waals surface area contributed by atoms with Crippen LogP contribution in [0, 0.1) is 5.92 Å². The number of nitrogens with zero attached hydrogens (tertiary/aromatic N) is 2. The molecule has 1 aromatic rings. The SMILES string of the molecule is CN(C)S(=O)(=O)c1cccc(CN2CCC(CN)C2)c1.Cl. The van der Waals surface area contributed by atoms with E-state index in [4.69, 9.17) is 5.73 Å². The van der Waals surface area contributed by atoms with Gasteiger partial charge in [-0.15, -0.1) is 12.4 Å². The predicted molar refractivity (Wildman–Crippen MR) is 87.0 cm³/mol. The molecule has 0 radical (unpaired) electrons. The van der Waals surface area contributed by atoms with E-state index >= 15 is 0 Å². The van der Waals surface area contributed by atoms with E-state index in [9.17, 15) is 8.42 Å². The Morgan fingerprint density at radius 1 is 1.38 bits per heavy atom. The zero-order valence-electron chi connectivity index (χ0n) is 12.5. The van der Waals surface area contributed by atoms with Crippen LogP contribution in [0.4, 0.5) is 0 Å². The maximum absolute atomic E-state index is 12.1. The molecule has 1 heterocycles. The van der Waals surface area contributed by atoms with E-state index in [1.807, 2.05) is 12.1 Å². The molecule has 2 N–H and O–H groups in total. The number of nitrogens with two attached hydrogens (primary N) is 1. The lowest BCUT2D eigenvalue weighted by Gasteiger charge is -2.17. The van der Waals surface area contributed by atoms with Crippen molar-refractivity contribution in [1.29, 1.82) is 0 Å². The lowest BCUT2D eigenvalue weighted by Crippen LogP contribution is -2.24. The average Bonchev–Trinajstić information content (AvgIpc) is 2.86. The molecule has 1 aromatic carbocycles. The number of hydrogen-bond donors (Lipinski definition) is 1. The highest BCUT2D eigenvalue weighted by molar-refractivity contribution is 7.89. The summed E-state index contributed by atoms with van der Waals surface area (Å²) in [6.45, 7) is 3.55. The summed E-state index contributed by atoms with van der Waals surface area (Å²) in [5, 5.41) is 0. The van der Waals surface area contributed by atoms with E-state index in [1.54, 1.807) is 26.2 Å². The monoisotopic (exact) mass is 333 g/mol. The van der Waals surface area contributed by atoms with Crippen molar-refractivity contribution < 1.29 is 8.42 Å². The summed E-state index contributed by atoms with van der Waals surface area (Å²) in [6.07, 6.45) is 1.13. The van der Waals surface area contributed by atoms with Crippen molar-refractivity contribution in [3.63, 3.8) is 0 Å². The zero-order chi connectivity index (χ0) is 14.8. The molecule has 120 valence electrons. The number of sulfonamides is 1. The van der Waals surface area contributed by atoms with Crippen LogP contribution in [0.2, 0.25) is 0 Å². The van der Waals surface area contributed by atoms with Crippen LogP contribution >= 0.6 is 12.4 Å². The van der Waals surface area contributed by atoms with E-state index in [1.165, 1.54) is 4.31 Å². The molecule has 1 fully saturated rings. The van der Waals surface area contributed by atoms with Crippen molar-refractivity contribution in [3.8, 4) is 0 Å². The Balaban J connectivity index is 0.00000220. The fourth-order valence-electron chi connectivity index (χ4n) is 2.52. The van der Waals surface area contributed by atoms with Crippen LogP contribution in [0.1, 0.15) is 12.0 Å². The van der Waals surface area contributed by atoms with E-state index < -0.39 is 10.0 Å². The van der Waals surface area contributed by atoms with Gasteiger partial charge in [-0.1, -0.05) is 12.1 Å². The first-order valence-electron chi connectivity index (χ1n) is 6.87. The molecular formula is C14H24ClN3O2S. The van der Waals surface area contributed by atoms with Crippen LogP contribution in [0.15, 0.2) is 29.2 Å². The molecule has 1 atom stereocenters. The molecule has 0 saturated carbocycles. The Morgan fingerprint density at radius 2 is 2.10 bits per heavy atom. The van der Waals surface area contributed by atoms with Crippen molar-refractivity contribution in [2.75, 3.05) is 33.7 Å². The predicted octanol–water partition coefficient (Wildman–Crippen LogP) is 1.14. The molecule has 1 saturated heterocycles. The normalized spacial score (nSPS) is 19.7. The standard InChI is InChI=1S/C14H23N3O2S.ClH/c1-16(2)20(18,19)14-5-3-4-12(8-14)10-17-7-6-13(9-15)11-17;/h3-5,8,13H,6-7,9-11,15H2,1-2H3;1H. The van der Waals surface area contributed by atoms with Gasteiger partial charge in [-0.3, -0.25) is 4.90 Å². The van der Waals surface area contributed by atoms with Crippen LogP contribution in [0.5, 0.6) is 0 Å². The largest absolute Gasteiger partial charge is 0.330 e. The van der Waals surface area contributed by atoms with Crippen molar-refractivity contribution in [2.24, 2.45) is 11.7 Å². The van der Waals surface area contributed by atoms with Crippen molar-refractivity contribution >= 4 is 22.4 Å². The summed E-state index contributed by atoms with van der Waals surface area (Å²) in [4.78, 5) is 2.69. The number of likely N-dealkylation sites (tertiary alicyclic amines) is 1. The van der Waals surface area contributed by atoms with Gasteiger partial charge < -0.3 is 5.73 Å². The number of halogens is 1. The van der Waals surface area contributed by atoms with Crippen LogP contribution in [-0.4, -0.2) is 51.4 Å². The highest BCUT2D eigenvalue weighted by atomic mass is 35.5. The van der Waals surface area contributed by atoms with Gasteiger partial charge in [0.25, 0.3) is 0 Å². The maximum Gasteiger partial charge on any atom is 0.242 e. The molecule has 21 heavy (non-hydrogen) atoms. The minimum absolute atomic E-state index is 0. The van der Waals surface area contributed by atoms with Crippen molar-refractivity contribution in [1.82, 2.24) is 9.21 Å². The number of hydrogen-bond acceptors (Lipinski definition) is 4. The zero-order valence-corrected chi connectivity index (χ0v) is 14.2. The molecule has 1 aliphatic rings. The smallest absolute Gasteiger partial charge is 0.242 e. The second-order valence-electron chi connectivity index (χ2n) is 5.56. The Bertz CT molecular complexity index is 563. The summed E-state index contributed by atoms with van der Waals surface area (Å²) < 4.78 is 25.5. The third kappa shape index (κ3) is 4.40. The third-order valence-corrected chi connectivity index (χ3v) is 5.60. The van der Waals surface area contributed by atoms with E-state index in [0.29, 0.717) is 10.8 Å².